The van der Waals surface area contributed by atoms with E-state index in [1.807, 2.05) is 0 Å². The number of nitrogens with zero attached hydrogens (tertiary/aromatic N) is 3. The molecule has 2 unspecified atom stereocenters. The molecule has 0 radical (unpaired) electrons. The summed E-state index contributed by atoms with van der Waals surface area (Å²) in [5.74, 6) is 2.85. The molecule has 0 aromatic carbocycles. The molecule has 0 bridgehead atoms. The van der Waals surface area contributed by atoms with Crippen LogP contribution in [0.1, 0.15) is 56.6 Å². The van der Waals surface area contributed by atoms with E-state index in [9.17, 15) is 0 Å². The van der Waals surface area contributed by atoms with Crippen LogP contribution in [0.5, 0.6) is 0 Å². The van der Waals surface area contributed by atoms with Gasteiger partial charge in [0.1, 0.15) is 5.82 Å². The van der Waals surface area contributed by atoms with E-state index in [4.69, 9.17) is 4.98 Å². The predicted molar refractivity (Wildman–Crippen MR) is 67.0 cm³/mol. The number of aromatic nitrogens is 3. The molecule has 4 nitrogen and oxygen atoms in total. The second kappa shape index (κ2) is 4.77. The van der Waals surface area contributed by atoms with E-state index >= 15 is 0 Å². The van der Waals surface area contributed by atoms with Gasteiger partial charge in [0, 0.05) is 24.9 Å². The van der Waals surface area contributed by atoms with Crippen LogP contribution in [0, 0.1) is 0 Å². The average Bonchev–Trinajstić information content (AvgIpc) is 2.74. The highest BCUT2D eigenvalue weighted by molar-refractivity contribution is 5.03. The topological polar surface area (TPSA) is 42.7 Å². The Morgan fingerprint density at radius 1 is 1.29 bits per heavy atom. The van der Waals surface area contributed by atoms with E-state index in [1.54, 1.807) is 0 Å². The molecule has 2 aliphatic rings. The summed E-state index contributed by atoms with van der Waals surface area (Å²) in [6, 6.07) is 0.600. The number of hydrogen-bond donors (Lipinski definition) is 1. The highest BCUT2D eigenvalue weighted by Gasteiger charge is 2.22. The maximum Gasteiger partial charge on any atom is 0.152 e. The highest BCUT2D eigenvalue weighted by Crippen LogP contribution is 2.24. The Morgan fingerprint density at radius 3 is 3.00 bits per heavy atom. The minimum Gasteiger partial charge on any atom is -0.314 e. The molecule has 0 spiro atoms. The van der Waals surface area contributed by atoms with Gasteiger partial charge in [-0.2, -0.15) is 5.10 Å². The molecule has 1 N–H and O–H groups in total. The Balaban J connectivity index is 1.71. The van der Waals surface area contributed by atoms with Gasteiger partial charge in [-0.25, -0.2) is 9.67 Å². The van der Waals surface area contributed by atoms with Crippen LogP contribution in [0.25, 0.3) is 0 Å². The van der Waals surface area contributed by atoms with Crippen molar-refractivity contribution in [2.45, 2.75) is 64.0 Å². The number of nitrogens with one attached hydrogen (secondary N) is 1. The summed E-state index contributed by atoms with van der Waals surface area (Å²) in [7, 11) is 0. The first-order valence-electron chi connectivity index (χ1n) is 7.00. The average molecular weight is 234 g/mol. The lowest BCUT2D eigenvalue weighted by Gasteiger charge is -2.21. The molecular weight excluding hydrogens is 212 g/mol. The molecule has 0 aliphatic carbocycles. The van der Waals surface area contributed by atoms with Crippen LogP contribution in [0.3, 0.4) is 0 Å². The van der Waals surface area contributed by atoms with Crippen molar-refractivity contribution in [3.8, 4) is 0 Å². The summed E-state index contributed by atoms with van der Waals surface area (Å²) in [4.78, 5) is 4.74. The summed E-state index contributed by atoms with van der Waals surface area (Å²) in [5.41, 5.74) is 0. The zero-order valence-corrected chi connectivity index (χ0v) is 10.7. The van der Waals surface area contributed by atoms with E-state index in [0.717, 1.165) is 25.3 Å². The summed E-state index contributed by atoms with van der Waals surface area (Å²) < 4.78 is 2.13. The summed E-state index contributed by atoms with van der Waals surface area (Å²) in [6.07, 6.45) is 7.47. The third-order valence-electron chi connectivity index (χ3n) is 4.03. The van der Waals surface area contributed by atoms with Crippen molar-refractivity contribution in [3.05, 3.63) is 11.6 Å². The lowest BCUT2D eigenvalue weighted by Crippen LogP contribution is -2.35. The largest absolute Gasteiger partial charge is 0.314 e. The van der Waals surface area contributed by atoms with Crippen molar-refractivity contribution in [2.75, 3.05) is 6.54 Å². The molecule has 1 saturated heterocycles. The quantitative estimate of drug-likeness (QED) is 0.849. The Kier molecular flexibility index (Phi) is 3.14. The third-order valence-corrected chi connectivity index (χ3v) is 4.03. The smallest absolute Gasteiger partial charge is 0.152 e. The van der Waals surface area contributed by atoms with Crippen molar-refractivity contribution >= 4 is 0 Å². The van der Waals surface area contributed by atoms with Gasteiger partial charge in [-0.05, 0) is 32.2 Å². The van der Waals surface area contributed by atoms with Crippen molar-refractivity contribution in [3.63, 3.8) is 0 Å². The van der Waals surface area contributed by atoms with E-state index in [1.165, 1.54) is 37.9 Å². The SMILES string of the molecule is CC1CCCn2nc(CC3CCCCN3)nc21. The first kappa shape index (κ1) is 11.2. The third kappa shape index (κ3) is 2.37. The number of aryl methyl sites for hydroxylation is 1. The predicted octanol–water partition coefficient (Wildman–Crippen LogP) is 1.86. The Hall–Kier alpha value is -0.900. The minimum absolute atomic E-state index is 0.587. The second-order valence-corrected chi connectivity index (χ2v) is 5.50. The molecule has 3 rings (SSSR count). The molecule has 1 fully saturated rings. The van der Waals surface area contributed by atoms with Crippen LogP contribution < -0.4 is 5.32 Å². The van der Waals surface area contributed by atoms with Crippen molar-refractivity contribution < 1.29 is 0 Å². The summed E-state index contributed by atoms with van der Waals surface area (Å²) in [6.45, 7) is 4.49. The Morgan fingerprint density at radius 2 is 2.24 bits per heavy atom. The maximum atomic E-state index is 4.74. The normalized spacial score (nSPS) is 29.0. The van der Waals surface area contributed by atoms with Gasteiger partial charge in [-0.1, -0.05) is 13.3 Å². The van der Waals surface area contributed by atoms with Gasteiger partial charge in [-0.3, -0.25) is 0 Å². The van der Waals surface area contributed by atoms with Crippen LogP contribution in [-0.4, -0.2) is 27.4 Å². The minimum atomic E-state index is 0.587. The molecule has 2 aliphatic heterocycles. The van der Waals surface area contributed by atoms with Crippen molar-refractivity contribution in [1.82, 2.24) is 20.1 Å². The fourth-order valence-electron chi connectivity index (χ4n) is 3.01. The maximum absolute atomic E-state index is 4.74. The molecule has 4 heteroatoms. The van der Waals surface area contributed by atoms with Gasteiger partial charge in [0.15, 0.2) is 5.82 Å². The number of fused-ring (bicyclic) bond motifs is 1. The van der Waals surface area contributed by atoms with E-state index in [0.29, 0.717) is 12.0 Å². The van der Waals surface area contributed by atoms with Gasteiger partial charge >= 0.3 is 0 Å². The molecule has 1 aromatic rings. The standard InChI is InChI=1S/C13H22N4/c1-10-5-4-8-17-13(10)15-12(16-17)9-11-6-2-3-7-14-11/h10-11,14H,2-9H2,1H3. The Bertz CT molecular complexity index is 379. The lowest BCUT2D eigenvalue weighted by atomic mass is 10.0. The number of hydrogen-bond acceptors (Lipinski definition) is 3. The van der Waals surface area contributed by atoms with Crippen LogP contribution in [0.15, 0.2) is 0 Å². The molecule has 1 aromatic heterocycles. The second-order valence-electron chi connectivity index (χ2n) is 5.50. The van der Waals surface area contributed by atoms with Gasteiger partial charge in [0.05, 0.1) is 0 Å². The van der Waals surface area contributed by atoms with Gasteiger partial charge in [-0.15, -0.1) is 0 Å². The molecule has 2 atom stereocenters. The zero-order chi connectivity index (χ0) is 11.7. The fraction of sp³-hybridized carbons (Fsp3) is 0.846. The van der Waals surface area contributed by atoms with Crippen LogP contribution in [0.2, 0.25) is 0 Å². The number of rotatable bonds is 2. The molecule has 94 valence electrons. The first-order valence-corrected chi connectivity index (χ1v) is 7.00. The zero-order valence-electron chi connectivity index (χ0n) is 10.7. The van der Waals surface area contributed by atoms with Crippen molar-refractivity contribution in [1.29, 1.82) is 0 Å². The number of piperidine rings is 1. The summed E-state index contributed by atoms with van der Waals surface area (Å²) >= 11 is 0. The van der Waals surface area contributed by atoms with E-state index < -0.39 is 0 Å². The summed E-state index contributed by atoms with van der Waals surface area (Å²) in [5, 5.41) is 8.23. The first-order chi connectivity index (χ1) is 8.33. The van der Waals surface area contributed by atoms with Gasteiger partial charge in [0.25, 0.3) is 0 Å². The fourth-order valence-corrected chi connectivity index (χ4v) is 3.01. The van der Waals surface area contributed by atoms with E-state index in [-0.39, 0.29) is 0 Å². The lowest BCUT2D eigenvalue weighted by molar-refractivity contribution is 0.392. The molecule has 0 amide bonds. The molecule has 0 saturated carbocycles. The Labute approximate surface area is 103 Å². The van der Waals surface area contributed by atoms with Crippen LogP contribution in [-0.2, 0) is 13.0 Å². The monoisotopic (exact) mass is 234 g/mol. The van der Waals surface area contributed by atoms with Crippen LogP contribution >= 0.6 is 0 Å². The van der Waals surface area contributed by atoms with Gasteiger partial charge < -0.3 is 5.32 Å². The molecular formula is C13H22N4. The highest BCUT2D eigenvalue weighted by atomic mass is 15.4. The molecule has 3 heterocycles. The van der Waals surface area contributed by atoms with Crippen LogP contribution in [0.4, 0.5) is 0 Å². The molecule has 17 heavy (non-hydrogen) atoms. The van der Waals surface area contributed by atoms with E-state index in [2.05, 4.69) is 22.0 Å². The van der Waals surface area contributed by atoms with Gasteiger partial charge in [0.2, 0.25) is 0 Å². The van der Waals surface area contributed by atoms with Crippen molar-refractivity contribution in [2.24, 2.45) is 0 Å².